The van der Waals surface area contributed by atoms with E-state index in [1.165, 1.54) is 32.4 Å². The predicted octanol–water partition coefficient (Wildman–Crippen LogP) is 1.36. The van der Waals surface area contributed by atoms with Gasteiger partial charge in [0, 0.05) is 19.6 Å². The number of carbonyl (C=O) groups excluding carboxylic acids is 1. The minimum Gasteiger partial charge on any atom is -0.495 e. The van der Waals surface area contributed by atoms with Crippen LogP contribution in [0.1, 0.15) is 20.3 Å². The van der Waals surface area contributed by atoms with Crippen LogP contribution in [0.25, 0.3) is 0 Å². The highest BCUT2D eigenvalue weighted by Crippen LogP contribution is 2.27. The lowest BCUT2D eigenvalue weighted by molar-refractivity contribution is -0.115. The minimum absolute atomic E-state index is 0.0441. The van der Waals surface area contributed by atoms with Crippen molar-refractivity contribution in [2.24, 2.45) is 0 Å². The number of rotatable bonds is 8. The second-order valence-corrected chi connectivity index (χ2v) is 6.46. The number of nitrogens with one attached hydrogen (secondary N) is 2. The average molecular weight is 330 g/mol. The smallest absolute Gasteiger partial charge is 0.240 e. The zero-order valence-electron chi connectivity index (χ0n) is 13.2. The van der Waals surface area contributed by atoms with Crippen LogP contribution in [0.4, 0.5) is 5.69 Å². The maximum Gasteiger partial charge on any atom is 0.240 e. The molecule has 0 aliphatic heterocycles. The highest BCUT2D eigenvalue weighted by Gasteiger charge is 2.19. The zero-order chi connectivity index (χ0) is 16.8. The second-order valence-electron chi connectivity index (χ2n) is 4.74. The molecule has 0 unspecified atom stereocenters. The molecule has 1 amide bonds. The first-order valence-electron chi connectivity index (χ1n) is 6.83. The lowest BCUT2D eigenvalue weighted by Crippen LogP contribution is -2.35. The molecule has 0 saturated carbocycles. The number of methoxy groups -OCH3 is 2. The summed E-state index contributed by atoms with van der Waals surface area (Å²) in [7, 11) is -0.764. The molecule has 2 N–H and O–H groups in total. The third-order valence-electron chi connectivity index (χ3n) is 2.85. The summed E-state index contributed by atoms with van der Waals surface area (Å²) in [5.74, 6) is 0.166. The number of carbonyl (C=O) groups is 1. The number of ether oxygens (including phenoxy) is 2. The van der Waals surface area contributed by atoms with Crippen molar-refractivity contribution in [2.45, 2.75) is 31.2 Å². The average Bonchev–Trinajstić information content (AvgIpc) is 2.46. The molecule has 0 aliphatic carbocycles. The topological polar surface area (TPSA) is 93.7 Å². The Kier molecular flexibility index (Phi) is 6.79. The largest absolute Gasteiger partial charge is 0.495 e. The Balaban J connectivity index is 3.09. The summed E-state index contributed by atoms with van der Waals surface area (Å²) in [6.45, 7) is 3.66. The van der Waals surface area contributed by atoms with Crippen molar-refractivity contribution in [2.75, 3.05) is 26.1 Å². The minimum atomic E-state index is -3.71. The van der Waals surface area contributed by atoms with Crippen LogP contribution >= 0.6 is 0 Å². The summed E-state index contributed by atoms with van der Waals surface area (Å²) in [6, 6.07) is 3.92. The van der Waals surface area contributed by atoms with Gasteiger partial charge in [-0.25, -0.2) is 13.1 Å². The third kappa shape index (κ3) is 4.97. The van der Waals surface area contributed by atoms with Crippen LogP contribution in [-0.4, -0.2) is 41.2 Å². The zero-order valence-corrected chi connectivity index (χ0v) is 14.0. The van der Waals surface area contributed by atoms with Crippen LogP contribution in [0.3, 0.4) is 0 Å². The van der Waals surface area contributed by atoms with E-state index >= 15 is 0 Å². The Morgan fingerprint density at radius 2 is 2.00 bits per heavy atom. The molecule has 0 saturated heterocycles. The van der Waals surface area contributed by atoms with Crippen LogP contribution in [0.5, 0.6) is 5.75 Å². The Morgan fingerprint density at radius 3 is 2.55 bits per heavy atom. The van der Waals surface area contributed by atoms with Gasteiger partial charge in [-0.1, -0.05) is 6.92 Å². The van der Waals surface area contributed by atoms with Crippen molar-refractivity contribution in [3.05, 3.63) is 18.2 Å². The van der Waals surface area contributed by atoms with Gasteiger partial charge < -0.3 is 14.8 Å². The van der Waals surface area contributed by atoms with Gasteiger partial charge >= 0.3 is 0 Å². The van der Waals surface area contributed by atoms with E-state index in [4.69, 9.17) is 9.47 Å². The van der Waals surface area contributed by atoms with Gasteiger partial charge in [0.1, 0.15) is 5.75 Å². The van der Waals surface area contributed by atoms with Crippen molar-refractivity contribution in [3.8, 4) is 5.75 Å². The highest BCUT2D eigenvalue weighted by molar-refractivity contribution is 7.89. The van der Waals surface area contributed by atoms with Gasteiger partial charge in [0.15, 0.2) is 0 Å². The van der Waals surface area contributed by atoms with Crippen molar-refractivity contribution in [1.82, 2.24) is 4.72 Å². The van der Waals surface area contributed by atoms with Crippen LogP contribution in [0.15, 0.2) is 23.1 Å². The second kappa shape index (κ2) is 8.11. The van der Waals surface area contributed by atoms with Gasteiger partial charge in [0.05, 0.1) is 24.3 Å². The van der Waals surface area contributed by atoms with Gasteiger partial charge in [0.25, 0.3) is 0 Å². The first kappa shape index (κ1) is 18.4. The van der Waals surface area contributed by atoms with E-state index in [2.05, 4.69) is 10.0 Å². The molecule has 0 aromatic heterocycles. The summed E-state index contributed by atoms with van der Waals surface area (Å²) >= 11 is 0. The van der Waals surface area contributed by atoms with E-state index < -0.39 is 10.0 Å². The molecule has 0 heterocycles. The molecule has 1 aromatic rings. The number of amides is 1. The maximum atomic E-state index is 12.3. The third-order valence-corrected chi connectivity index (χ3v) is 4.44. The first-order chi connectivity index (χ1) is 10.3. The van der Waals surface area contributed by atoms with E-state index in [9.17, 15) is 13.2 Å². The Morgan fingerprint density at radius 1 is 1.32 bits per heavy atom. The summed E-state index contributed by atoms with van der Waals surface area (Å²) in [6.07, 6.45) is 0.281. The first-order valence-corrected chi connectivity index (χ1v) is 8.31. The molecule has 1 rings (SSSR count). The van der Waals surface area contributed by atoms with E-state index in [1.54, 1.807) is 13.8 Å². The lowest BCUT2D eigenvalue weighted by Gasteiger charge is -2.15. The van der Waals surface area contributed by atoms with Gasteiger partial charge in [-0.05, 0) is 25.1 Å². The monoisotopic (exact) mass is 330 g/mol. The van der Waals surface area contributed by atoms with E-state index in [0.717, 1.165) is 0 Å². The number of benzene rings is 1. The quantitative estimate of drug-likeness (QED) is 0.750. The molecular formula is C14H22N2O5S. The van der Waals surface area contributed by atoms with Crippen LogP contribution in [0.2, 0.25) is 0 Å². The van der Waals surface area contributed by atoms with Crippen molar-refractivity contribution < 1.29 is 22.7 Å². The van der Waals surface area contributed by atoms with E-state index in [-0.39, 0.29) is 29.9 Å². The molecule has 0 spiro atoms. The highest BCUT2D eigenvalue weighted by atomic mass is 32.2. The fourth-order valence-electron chi connectivity index (χ4n) is 1.81. The van der Waals surface area contributed by atoms with Crippen LogP contribution in [0, 0.1) is 0 Å². The SMILES string of the molecule is CCC(=O)Nc1cc(S(=O)(=O)N[C@@H](C)COC)ccc1OC. The summed E-state index contributed by atoms with van der Waals surface area (Å²) in [4.78, 5) is 11.6. The molecule has 124 valence electrons. The number of hydrogen-bond donors (Lipinski definition) is 2. The molecule has 1 aromatic carbocycles. The molecule has 7 nitrogen and oxygen atoms in total. The summed E-state index contributed by atoms with van der Waals surface area (Å²) < 4.78 is 37.1. The van der Waals surface area contributed by atoms with Gasteiger partial charge in [-0.15, -0.1) is 0 Å². The Bertz CT molecular complexity index is 616. The maximum absolute atomic E-state index is 12.3. The molecule has 0 fully saturated rings. The van der Waals surface area contributed by atoms with Gasteiger partial charge in [-0.2, -0.15) is 0 Å². The van der Waals surface area contributed by atoms with Gasteiger partial charge in [-0.3, -0.25) is 4.79 Å². The number of anilines is 1. The number of sulfonamides is 1. The molecule has 0 radical (unpaired) electrons. The normalized spacial score (nSPS) is 12.7. The summed E-state index contributed by atoms with van der Waals surface area (Å²) in [5, 5.41) is 2.62. The predicted molar refractivity (Wildman–Crippen MR) is 83.6 cm³/mol. The number of hydrogen-bond acceptors (Lipinski definition) is 5. The molecule has 1 atom stereocenters. The Labute approximate surface area is 131 Å². The van der Waals surface area contributed by atoms with E-state index in [1.807, 2.05) is 0 Å². The molecular weight excluding hydrogens is 308 g/mol. The van der Waals surface area contributed by atoms with Crippen molar-refractivity contribution in [1.29, 1.82) is 0 Å². The lowest BCUT2D eigenvalue weighted by atomic mass is 10.3. The standard InChI is InChI=1S/C14H22N2O5S/c1-5-14(17)15-12-8-11(6-7-13(12)21-4)22(18,19)16-10(2)9-20-3/h6-8,10,16H,5,9H2,1-4H3,(H,15,17)/t10-/m0/s1. The van der Waals surface area contributed by atoms with Crippen molar-refractivity contribution in [3.63, 3.8) is 0 Å². The van der Waals surface area contributed by atoms with Crippen LogP contribution in [-0.2, 0) is 19.6 Å². The molecule has 0 aliphatic rings. The summed E-state index contributed by atoms with van der Waals surface area (Å²) in [5.41, 5.74) is 0.316. The molecule has 22 heavy (non-hydrogen) atoms. The van der Waals surface area contributed by atoms with E-state index in [0.29, 0.717) is 11.4 Å². The van der Waals surface area contributed by atoms with Gasteiger partial charge in [0.2, 0.25) is 15.9 Å². The van der Waals surface area contributed by atoms with Crippen LogP contribution < -0.4 is 14.8 Å². The molecule has 0 bridgehead atoms. The Hall–Kier alpha value is -1.64. The fourth-order valence-corrected chi connectivity index (χ4v) is 3.06. The molecule has 8 heteroatoms. The fraction of sp³-hybridized carbons (Fsp3) is 0.500. The van der Waals surface area contributed by atoms with Crippen molar-refractivity contribution >= 4 is 21.6 Å².